The largest absolute Gasteiger partial charge is 0.449 e. The summed E-state index contributed by atoms with van der Waals surface area (Å²) in [6, 6.07) is 10.5. The summed E-state index contributed by atoms with van der Waals surface area (Å²) in [5.74, 6) is 0. The van der Waals surface area contributed by atoms with Crippen molar-refractivity contribution in [2.75, 3.05) is 19.7 Å². The first-order valence-electron chi connectivity index (χ1n) is 9.46. The molecule has 1 aliphatic rings. The number of nitrogens with zero attached hydrogens (tertiary/aromatic N) is 2. The molecule has 1 amide bonds. The molecule has 2 atom stereocenters. The maximum absolute atomic E-state index is 12.4. The fourth-order valence-electron chi connectivity index (χ4n) is 3.69. The third kappa shape index (κ3) is 4.36. The molecule has 1 aromatic rings. The first-order valence-corrected chi connectivity index (χ1v) is 9.46. The van der Waals surface area contributed by atoms with Gasteiger partial charge < -0.3 is 9.64 Å². The zero-order valence-electron chi connectivity index (χ0n) is 16.4. The second kappa shape index (κ2) is 9.04. The fourth-order valence-corrected chi connectivity index (χ4v) is 3.69. The highest BCUT2D eigenvalue weighted by molar-refractivity contribution is 5.68. The highest BCUT2D eigenvalue weighted by Crippen LogP contribution is 2.35. The molecule has 1 fully saturated rings. The molecule has 2 unspecified atom stereocenters. The van der Waals surface area contributed by atoms with Crippen LogP contribution in [0.5, 0.6) is 0 Å². The van der Waals surface area contributed by atoms with Crippen LogP contribution in [0, 0.1) is 0 Å². The Balaban J connectivity index is 2.22. The molecule has 0 N–H and O–H groups in total. The summed E-state index contributed by atoms with van der Waals surface area (Å²) in [6.07, 6.45) is 5.51. The summed E-state index contributed by atoms with van der Waals surface area (Å²) in [5.41, 5.74) is 1.02. The summed E-state index contributed by atoms with van der Waals surface area (Å²) >= 11 is 0. The van der Waals surface area contributed by atoms with Crippen molar-refractivity contribution in [1.29, 1.82) is 0 Å². The van der Waals surface area contributed by atoms with Crippen molar-refractivity contribution >= 4 is 6.09 Å². The summed E-state index contributed by atoms with van der Waals surface area (Å²) < 4.78 is 5.41. The first kappa shape index (κ1) is 20.2. The normalized spacial score (nSPS) is 21.3. The second-order valence-electron chi connectivity index (χ2n) is 7.31. The van der Waals surface area contributed by atoms with Gasteiger partial charge in [-0.2, -0.15) is 0 Å². The molecule has 0 saturated carbocycles. The Kier molecular flexibility index (Phi) is 7.04. The van der Waals surface area contributed by atoms with E-state index in [1.807, 2.05) is 18.2 Å². The van der Waals surface area contributed by atoms with Crippen molar-refractivity contribution in [2.24, 2.45) is 0 Å². The fraction of sp³-hybridized carbons (Fsp3) is 0.500. The molecule has 1 aliphatic heterocycles. The predicted molar refractivity (Wildman–Crippen MR) is 107 cm³/mol. The van der Waals surface area contributed by atoms with E-state index in [-0.39, 0.29) is 23.7 Å². The van der Waals surface area contributed by atoms with Crippen molar-refractivity contribution < 1.29 is 9.53 Å². The van der Waals surface area contributed by atoms with Crippen LogP contribution in [0.15, 0.2) is 55.6 Å². The van der Waals surface area contributed by atoms with Gasteiger partial charge in [-0.3, -0.25) is 4.90 Å². The number of rotatable bonds is 7. The van der Waals surface area contributed by atoms with Crippen molar-refractivity contribution in [2.45, 2.75) is 51.2 Å². The molecule has 1 saturated heterocycles. The molecule has 4 nitrogen and oxygen atoms in total. The SMILES string of the molecule is C=CC1CN(C(=O)OCCCC)CC(C=C)N1C(C)(C)c1ccccc1. The van der Waals surface area contributed by atoms with E-state index in [4.69, 9.17) is 4.74 Å². The lowest BCUT2D eigenvalue weighted by atomic mass is 9.87. The van der Waals surface area contributed by atoms with Gasteiger partial charge in [-0.1, -0.05) is 55.8 Å². The van der Waals surface area contributed by atoms with Crippen LogP contribution >= 0.6 is 0 Å². The summed E-state index contributed by atoms with van der Waals surface area (Å²) in [5, 5.41) is 0. The third-order valence-corrected chi connectivity index (χ3v) is 5.18. The molecule has 1 aromatic carbocycles. The van der Waals surface area contributed by atoms with E-state index in [0.717, 1.165) is 12.8 Å². The molecular formula is C22H32N2O2. The van der Waals surface area contributed by atoms with Gasteiger partial charge in [-0.25, -0.2) is 4.79 Å². The van der Waals surface area contributed by atoms with Crippen molar-refractivity contribution in [1.82, 2.24) is 9.80 Å². The number of carbonyl (C=O) groups excluding carboxylic acids is 1. The van der Waals surface area contributed by atoms with E-state index in [2.05, 4.69) is 63.1 Å². The molecule has 1 heterocycles. The Morgan fingerprint density at radius 1 is 1.19 bits per heavy atom. The molecule has 4 heteroatoms. The highest BCUT2D eigenvalue weighted by atomic mass is 16.6. The number of carbonyl (C=O) groups is 1. The summed E-state index contributed by atoms with van der Waals surface area (Å²) in [6.45, 7) is 16.2. The van der Waals surface area contributed by atoms with Crippen LogP contribution in [0.4, 0.5) is 4.79 Å². The maximum Gasteiger partial charge on any atom is 0.409 e. The predicted octanol–water partition coefficient (Wildman–Crippen LogP) is 4.59. The Morgan fingerprint density at radius 2 is 1.77 bits per heavy atom. The first-order chi connectivity index (χ1) is 12.5. The quantitative estimate of drug-likeness (QED) is 0.529. The van der Waals surface area contributed by atoms with Crippen LogP contribution in [-0.4, -0.2) is 47.7 Å². The molecule has 0 aromatic heterocycles. The van der Waals surface area contributed by atoms with E-state index in [1.54, 1.807) is 4.90 Å². The standard InChI is InChI=1S/C22H32N2O2/c1-6-9-15-26-21(25)23-16-19(7-2)24(20(8-3)17-23)22(4,5)18-13-11-10-12-14-18/h7-8,10-14,19-20H,2-3,6,9,15-17H2,1,4-5H3. The van der Waals surface area contributed by atoms with Gasteiger partial charge in [0.15, 0.2) is 0 Å². The monoisotopic (exact) mass is 356 g/mol. The topological polar surface area (TPSA) is 32.8 Å². The van der Waals surface area contributed by atoms with Crippen molar-refractivity contribution in [3.63, 3.8) is 0 Å². The minimum atomic E-state index is -0.241. The van der Waals surface area contributed by atoms with Gasteiger partial charge in [-0.15, -0.1) is 13.2 Å². The molecule has 0 radical (unpaired) electrons. The molecule has 0 spiro atoms. The number of unbranched alkanes of at least 4 members (excludes halogenated alkanes) is 1. The van der Waals surface area contributed by atoms with Crippen molar-refractivity contribution in [3.8, 4) is 0 Å². The van der Waals surface area contributed by atoms with E-state index >= 15 is 0 Å². The number of hydrogen-bond acceptors (Lipinski definition) is 3. The molecule has 0 aliphatic carbocycles. The van der Waals surface area contributed by atoms with Crippen LogP contribution in [0.1, 0.15) is 39.2 Å². The minimum absolute atomic E-state index is 0.0284. The lowest BCUT2D eigenvalue weighted by Crippen LogP contribution is -2.63. The zero-order valence-corrected chi connectivity index (χ0v) is 16.4. The molecule has 0 bridgehead atoms. The van der Waals surface area contributed by atoms with E-state index in [0.29, 0.717) is 19.7 Å². The number of ether oxygens (including phenoxy) is 1. The molecule has 2 rings (SSSR count). The summed E-state index contributed by atoms with van der Waals surface area (Å²) in [4.78, 5) is 16.6. The highest BCUT2D eigenvalue weighted by Gasteiger charge is 2.42. The Morgan fingerprint density at radius 3 is 2.27 bits per heavy atom. The number of hydrogen-bond donors (Lipinski definition) is 0. The Hall–Kier alpha value is -2.07. The smallest absolute Gasteiger partial charge is 0.409 e. The van der Waals surface area contributed by atoms with Gasteiger partial charge in [0.05, 0.1) is 6.61 Å². The van der Waals surface area contributed by atoms with Gasteiger partial charge in [0, 0.05) is 30.7 Å². The lowest BCUT2D eigenvalue weighted by Gasteiger charge is -2.52. The van der Waals surface area contributed by atoms with Gasteiger partial charge >= 0.3 is 6.09 Å². The van der Waals surface area contributed by atoms with E-state index in [1.165, 1.54) is 5.56 Å². The maximum atomic E-state index is 12.4. The van der Waals surface area contributed by atoms with Crippen molar-refractivity contribution in [3.05, 3.63) is 61.2 Å². The number of benzene rings is 1. The van der Waals surface area contributed by atoms with E-state index < -0.39 is 0 Å². The van der Waals surface area contributed by atoms with Crippen LogP contribution in [-0.2, 0) is 10.3 Å². The van der Waals surface area contributed by atoms with Crippen LogP contribution in [0.2, 0.25) is 0 Å². The lowest BCUT2D eigenvalue weighted by molar-refractivity contribution is -0.0118. The van der Waals surface area contributed by atoms with Gasteiger partial charge in [-0.05, 0) is 25.8 Å². The average molecular weight is 357 g/mol. The van der Waals surface area contributed by atoms with Crippen LogP contribution < -0.4 is 0 Å². The van der Waals surface area contributed by atoms with Gasteiger partial charge in [0.2, 0.25) is 0 Å². The Bertz CT molecular complexity index is 594. The number of amides is 1. The van der Waals surface area contributed by atoms with Crippen LogP contribution in [0.3, 0.4) is 0 Å². The van der Waals surface area contributed by atoms with Crippen LogP contribution in [0.25, 0.3) is 0 Å². The third-order valence-electron chi connectivity index (χ3n) is 5.18. The molecule has 26 heavy (non-hydrogen) atoms. The zero-order chi connectivity index (χ0) is 19.2. The Labute approximate surface area is 158 Å². The molecule has 142 valence electrons. The van der Waals surface area contributed by atoms with E-state index in [9.17, 15) is 4.79 Å². The summed E-state index contributed by atoms with van der Waals surface area (Å²) in [7, 11) is 0. The van der Waals surface area contributed by atoms with Gasteiger partial charge in [0.25, 0.3) is 0 Å². The molecular weight excluding hydrogens is 324 g/mol. The number of piperazine rings is 1. The average Bonchev–Trinajstić information content (AvgIpc) is 2.67. The minimum Gasteiger partial charge on any atom is -0.449 e. The second-order valence-corrected chi connectivity index (χ2v) is 7.31. The van der Waals surface area contributed by atoms with Gasteiger partial charge in [0.1, 0.15) is 0 Å².